The molecule has 520 valence electrons. The number of carbonyl (C=O) groups is 5. The number of amides is 5. The van der Waals surface area contributed by atoms with E-state index in [2.05, 4.69) is 32.6 Å². The second-order valence-electron chi connectivity index (χ2n) is 26.0. The Morgan fingerprint density at radius 1 is 0.701 bits per heavy atom. The van der Waals surface area contributed by atoms with Gasteiger partial charge < -0.3 is 48.9 Å². The highest BCUT2D eigenvalue weighted by atomic mass is 32.1. The molecule has 16 nitrogen and oxygen atoms in total. The van der Waals surface area contributed by atoms with E-state index >= 15 is 0 Å². The molecular weight excluding hydrogens is 1280 g/mol. The first-order valence-electron chi connectivity index (χ1n) is 33.2. The number of nitrogens with one attached hydrogen (secondary N) is 2. The smallest absolute Gasteiger partial charge is 0.416 e. The molecule has 4 aliphatic rings. The van der Waals surface area contributed by atoms with E-state index in [9.17, 15) is 54.7 Å². The number of hydrogen-bond acceptors (Lipinski definition) is 12. The van der Waals surface area contributed by atoms with E-state index < -0.39 is 64.6 Å². The van der Waals surface area contributed by atoms with Crippen molar-refractivity contribution in [3.63, 3.8) is 0 Å². The fraction of sp³-hybridized carbons (Fsp3) is 0.466. The Morgan fingerprint density at radius 2 is 1.35 bits per heavy atom. The Hall–Kier alpha value is -7.90. The molecule has 24 heteroatoms. The summed E-state index contributed by atoms with van der Waals surface area (Å²) in [4.78, 5) is 78.4. The third-order valence-electron chi connectivity index (χ3n) is 19.5. The van der Waals surface area contributed by atoms with Crippen LogP contribution in [0.3, 0.4) is 0 Å². The lowest BCUT2D eigenvalue weighted by atomic mass is 9.72. The number of likely N-dealkylation sites (tertiary alicyclic amines) is 2. The molecule has 3 fully saturated rings. The van der Waals surface area contributed by atoms with Crippen LogP contribution in [0.15, 0.2) is 127 Å². The molecule has 2 N–H and O–H groups in total. The largest absolute Gasteiger partial charge is 0.446 e. The van der Waals surface area contributed by atoms with Crippen molar-refractivity contribution >= 4 is 51.7 Å². The third kappa shape index (κ3) is 18.1. The van der Waals surface area contributed by atoms with Crippen LogP contribution in [0.1, 0.15) is 118 Å². The van der Waals surface area contributed by atoms with Gasteiger partial charge in [-0.1, -0.05) is 91.3 Å². The van der Waals surface area contributed by atoms with E-state index in [0.717, 1.165) is 89.5 Å². The van der Waals surface area contributed by atoms with Crippen molar-refractivity contribution in [2.45, 2.75) is 113 Å². The molecule has 1 aliphatic carbocycles. The van der Waals surface area contributed by atoms with Crippen LogP contribution in [-0.4, -0.2) is 178 Å². The number of piperidine rings is 2. The number of carbonyl (C=O) groups excluding carboxylic acids is 5. The molecule has 3 aliphatic heterocycles. The lowest BCUT2D eigenvalue weighted by Crippen LogP contribution is -2.50. The maximum absolute atomic E-state index is 14.3. The summed E-state index contributed by atoms with van der Waals surface area (Å²) in [5.41, 5.74) is 0.627. The van der Waals surface area contributed by atoms with Gasteiger partial charge in [-0.2, -0.15) is 26.3 Å². The average molecular weight is 1370 g/mol. The zero-order chi connectivity index (χ0) is 69.1. The van der Waals surface area contributed by atoms with Crippen molar-refractivity contribution < 1.29 is 68.9 Å². The number of anilines is 2. The zero-order valence-corrected chi connectivity index (χ0v) is 56.1. The number of halogens is 7. The normalized spacial score (nSPS) is 18.2. The van der Waals surface area contributed by atoms with Crippen LogP contribution in [0.25, 0.3) is 11.1 Å². The molecule has 4 heterocycles. The summed E-state index contributed by atoms with van der Waals surface area (Å²) in [6, 6.07) is 33.9. The Balaban J connectivity index is 0.613. The van der Waals surface area contributed by atoms with Gasteiger partial charge in [0.25, 0.3) is 11.8 Å². The Kier molecular flexibility index (Phi) is 23.5. The predicted molar refractivity (Wildman–Crippen MR) is 358 cm³/mol. The topological polar surface area (TPSA) is 157 Å². The Labute approximate surface area is 566 Å². The quantitative estimate of drug-likeness (QED) is 0.0394. The lowest BCUT2D eigenvalue weighted by Gasteiger charge is -2.44. The van der Waals surface area contributed by atoms with Gasteiger partial charge in [-0.05, 0) is 148 Å². The van der Waals surface area contributed by atoms with E-state index in [0.29, 0.717) is 106 Å². The molecule has 10 rings (SSSR count). The monoisotopic (exact) mass is 1370 g/mol. The minimum Gasteiger partial charge on any atom is -0.446 e. The Bertz CT molecular complexity index is 3660. The number of alkyl halides is 6. The number of benzene rings is 5. The molecule has 1 aromatic heterocycles. The number of likely N-dealkylation sites (N-methyl/N-ethyl adjacent to an activating group) is 2. The molecule has 5 amide bonds. The molecule has 0 saturated carbocycles. The van der Waals surface area contributed by atoms with E-state index in [1.807, 2.05) is 86.8 Å². The maximum atomic E-state index is 14.3. The SMILES string of the molecule is Cc1cc(NCCCCCC(=O)N(C)CCN2CCC(OC(=O)Nc3ccccc3-c3ccccc3)CC2)sc1C(=O)N(C)CCCN(C)C(=O)CO[C@H]1Cc2ccccc2C12CCN(CC[C@]1(c3ccc(F)cc3)CN(C(=O)c3cc(C(F)(F)F)cc(C(F)(F)F)c3)CO1)CC2. The molecule has 0 unspecified atom stereocenters. The first kappa shape index (κ1) is 71.9. The number of aryl methyl sites for hydroxylation is 1. The van der Waals surface area contributed by atoms with Crippen LogP contribution in [0, 0.1) is 12.7 Å². The van der Waals surface area contributed by atoms with E-state index in [-0.39, 0.29) is 55.6 Å². The summed E-state index contributed by atoms with van der Waals surface area (Å²) < 4.78 is 116. The first-order chi connectivity index (χ1) is 46.4. The number of fused-ring (bicyclic) bond motifs is 2. The first-order valence-corrected chi connectivity index (χ1v) is 34.0. The van der Waals surface area contributed by atoms with Gasteiger partial charge in [0.2, 0.25) is 11.8 Å². The predicted octanol–water partition coefficient (Wildman–Crippen LogP) is 13.4. The van der Waals surface area contributed by atoms with Gasteiger partial charge in [0.1, 0.15) is 30.9 Å². The van der Waals surface area contributed by atoms with Gasteiger partial charge in [0.15, 0.2) is 0 Å². The van der Waals surface area contributed by atoms with E-state index in [1.54, 1.807) is 28.8 Å². The molecule has 3 saturated heterocycles. The zero-order valence-electron chi connectivity index (χ0n) is 55.3. The number of rotatable bonds is 26. The second kappa shape index (κ2) is 31.7. The molecular formula is C73H85F7N8O8S. The highest BCUT2D eigenvalue weighted by Crippen LogP contribution is 2.49. The summed E-state index contributed by atoms with van der Waals surface area (Å²) in [5, 5.41) is 7.29. The summed E-state index contributed by atoms with van der Waals surface area (Å²) in [7, 11) is 5.33. The van der Waals surface area contributed by atoms with Crippen molar-refractivity contribution in [1.29, 1.82) is 0 Å². The van der Waals surface area contributed by atoms with Crippen LogP contribution >= 0.6 is 11.3 Å². The molecule has 0 bridgehead atoms. The fourth-order valence-corrected chi connectivity index (χ4v) is 14.8. The van der Waals surface area contributed by atoms with Gasteiger partial charge in [-0.15, -0.1) is 11.3 Å². The number of nitrogens with zero attached hydrogens (tertiary/aromatic N) is 6. The molecule has 6 aromatic rings. The Morgan fingerprint density at radius 3 is 2.06 bits per heavy atom. The van der Waals surface area contributed by atoms with Gasteiger partial charge in [-0.25, -0.2) is 9.18 Å². The summed E-state index contributed by atoms with van der Waals surface area (Å²) in [6.45, 7) is 7.22. The van der Waals surface area contributed by atoms with Gasteiger partial charge in [0, 0.05) is 96.5 Å². The van der Waals surface area contributed by atoms with Crippen molar-refractivity contribution in [1.82, 2.24) is 29.4 Å². The van der Waals surface area contributed by atoms with Gasteiger partial charge in [-0.3, -0.25) is 24.5 Å². The highest BCUT2D eigenvalue weighted by molar-refractivity contribution is 7.18. The molecule has 5 aromatic carbocycles. The second-order valence-corrected chi connectivity index (χ2v) is 27.1. The van der Waals surface area contributed by atoms with Crippen LogP contribution in [0.5, 0.6) is 0 Å². The van der Waals surface area contributed by atoms with Crippen LogP contribution in [-0.2, 0) is 53.6 Å². The van der Waals surface area contributed by atoms with E-state index in [4.69, 9.17) is 14.2 Å². The van der Waals surface area contributed by atoms with Crippen molar-refractivity contribution in [3.8, 4) is 11.1 Å². The van der Waals surface area contributed by atoms with Crippen molar-refractivity contribution in [3.05, 3.63) is 177 Å². The summed E-state index contributed by atoms with van der Waals surface area (Å²) >= 11 is 1.41. The van der Waals surface area contributed by atoms with Gasteiger partial charge in [0.05, 0.1) is 39.3 Å². The van der Waals surface area contributed by atoms with Crippen LogP contribution < -0.4 is 10.6 Å². The highest BCUT2D eigenvalue weighted by Gasteiger charge is 2.50. The number of ether oxygens (including phenoxy) is 3. The average Bonchev–Trinajstić information content (AvgIpc) is 1.61. The molecule has 97 heavy (non-hydrogen) atoms. The standard InChI is InChI=1S/C73H85F7N8O8S/c1-50-42-63(81-32-14-6-9-22-64(89)84(3)40-41-86-35-27-58(28-36-86)96-69(93)82-61-21-13-11-19-59(61)51-16-7-5-8-17-51)97-66(50)68(92)85(4)34-15-33-83(2)65(90)47-94-62-45-52-18-10-12-20-60(52)70(62)29-37-87(38-30-70)39-31-71(54-23-25-57(74)26-24-54)48-88(49-95-71)67(91)53-43-55(72(75,76)77)46-56(44-53)73(78,79)80/h5,7-8,10-13,16-21,23-26,42-44,46,58,62,81H,6,9,14-15,22,27-41,45,47-49H2,1-4H3,(H,82,93)/t62-,71+/m0/s1. The van der Waals surface area contributed by atoms with E-state index in [1.165, 1.54) is 35.6 Å². The fourth-order valence-electron chi connectivity index (χ4n) is 13.7. The number of hydrogen-bond donors (Lipinski definition) is 2. The number of para-hydroxylation sites is 1. The van der Waals surface area contributed by atoms with Gasteiger partial charge >= 0.3 is 18.4 Å². The molecule has 2 atom stereocenters. The number of thiophene rings is 1. The van der Waals surface area contributed by atoms with Crippen molar-refractivity contribution in [2.24, 2.45) is 0 Å². The minimum absolute atomic E-state index is 0.0279. The lowest BCUT2D eigenvalue weighted by molar-refractivity contribution is -0.143. The van der Waals surface area contributed by atoms with Crippen molar-refractivity contribution in [2.75, 3.05) is 117 Å². The third-order valence-corrected chi connectivity index (χ3v) is 20.7. The summed E-state index contributed by atoms with van der Waals surface area (Å²) in [6.07, 6.45) is -4.07. The number of unbranched alkanes of at least 4 members (excludes halogenated alkanes) is 2. The maximum Gasteiger partial charge on any atom is 0.416 e. The molecule has 1 spiro atoms. The summed E-state index contributed by atoms with van der Waals surface area (Å²) in [5.74, 6) is -1.78. The molecule has 0 radical (unpaired) electrons. The van der Waals surface area contributed by atoms with Crippen LogP contribution in [0.2, 0.25) is 0 Å². The minimum atomic E-state index is -5.15. The van der Waals surface area contributed by atoms with Crippen LogP contribution in [0.4, 0.5) is 46.2 Å².